The van der Waals surface area contributed by atoms with E-state index in [4.69, 9.17) is 4.52 Å². The van der Waals surface area contributed by atoms with Gasteiger partial charge in [0.15, 0.2) is 0 Å². The van der Waals surface area contributed by atoms with Gasteiger partial charge in [0.05, 0.1) is 11.4 Å². The van der Waals surface area contributed by atoms with E-state index >= 15 is 0 Å². The summed E-state index contributed by atoms with van der Waals surface area (Å²) in [6.07, 6.45) is 0. The fourth-order valence-electron chi connectivity index (χ4n) is 1.42. The predicted octanol–water partition coefficient (Wildman–Crippen LogP) is 2.69. The number of thioether (sulfide) groups is 1. The number of rotatable bonds is 6. The number of aryl methyl sites for hydroxylation is 2. The first-order chi connectivity index (χ1) is 8.41. The molecule has 0 aromatic carbocycles. The molecule has 0 aliphatic carbocycles. The molecular weight excluding hydrogens is 248 g/mol. The summed E-state index contributed by atoms with van der Waals surface area (Å²) >= 11 is 1.59. The zero-order valence-electron chi connectivity index (χ0n) is 11.7. The lowest BCUT2D eigenvalue weighted by Crippen LogP contribution is -2.37. The molecule has 1 amide bonds. The van der Waals surface area contributed by atoms with Crippen LogP contribution in [0.2, 0.25) is 0 Å². The molecule has 1 N–H and O–H groups in total. The Balaban J connectivity index is 2.32. The van der Waals surface area contributed by atoms with Crippen molar-refractivity contribution < 1.29 is 9.32 Å². The molecule has 0 aliphatic rings. The van der Waals surface area contributed by atoms with Crippen LogP contribution < -0.4 is 5.32 Å². The van der Waals surface area contributed by atoms with Crippen LogP contribution in [-0.4, -0.2) is 22.9 Å². The third-order valence-electron chi connectivity index (χ3n) is 3.05. The van der Waals surface area contributed by atoms with Gasteiger partial charge in [-0.3, -0.25) is 4.79 Å². The summed E-state index contributed by atoms with van der Waals surface area (Å²) in [7, 11) is 0. The first-order valence-electron chi connectivity index (χ1n) is 6.20. The van der Waals surface area contributed by atoms with Gasteiger partial charge >= 0.3 is 0 Å². The molecule has 1 atom stereocenters. The van der Waals surface area contributed by atoms with E-state index in [1.165, 1.54) is 0 Å². The molecule has 1 heterocycles. The normalized spacial score (nSPS) is 12.8. The van der Waals surface area contributed by atoms with Crippen molar-refractivity contribution in [1.29, 1.82) is 0 Å². The van der Waals surface area contributed by atoms with Gasteiger partial charge in [-0.2, -0.15) is 0 Å². The van der Waals surface area contributed by atoms with Crippen molar-refractivity contribution >= 4 is 17.7 Å². The van der Waals surface area contributed by atoms with Gasteiger partial charge in [0.1, 0.15) is 5.76 Å². The monoisotopic (exact) mass is 270 g/mol. The van der Waals surface area contributed by atoms with Gasteiger partial charge in [-0.15, -0.1) is 11.8 Å². The average Bonchev–Trinajstić information content (AvgIpc) is 2.60. The van der Waals surface area contributed by atoms with Crippen LogP contribution in [-0.2, 0) is 10.5 Å². The summed E-state index contributed by atoms with van der Waals surface area (Å²) in [4.78, 5) is 11.7. The van der Waals surface area contributed by atoms with E-state index in [0.717, 1.165) is 22.8 Å². The van der Waals surface area contributed by atoms with Crippen LogP contribution >= 0.6 is 11.8 Å². The van der Waals surface area contributed by atoms with Crippen molar-refractivity contribution in [3.8, 4) is 0 Å². The standard InChI is InChI=1S/C13H22N2O2S/c1-8(2)9(3)14-13(16)7-18-6-12-10(4)15-17-11(12)5/h8-9H,6-7H2,1-5H3,(H,14,16). The summed E-state index contributed by atoms with van der Waals surface area (Å²) in [5, 5.41) is 6.89. The Hall–Kier alpha value is -0.970. The SMILES string of the molecule is Cc1noc(C)c1CSCC(=O)NC(C)C(C)C. The summed E-state index contributed by atoms with van der Waals surface area (Å²) < 4.78 is 5.08. The second-order valence-electron chi connectivity index (χ2n) is 4.90. The highest BCUT2D eigenvalue weighted by atomic mass is 32.2. The maximum Gasteiger partial charge on any atom is 0.230 e. The molecular formula is C13H22N2O2S. The first kappa shape index (κ1) is 15.1. The van der Waals surface area contributed by atoms with Crippen LogP contribution in [0, 0.1) is 19.8 Å². The van der Waals surface area contributed by atoms with E-state index in [2.05, 4.69) is 24.3 Å². The van der Waals surface area contributed by atoms with Crippen LogP contribution in [0.25, 0.3) is 0 Å². The van der Waals surface area contributed by atoms with Crippen molar-refractivity contribution in [1.82, 2.24) is 10.5 Å². The molecule has 18 heavy (non-hydrogen) atoms. The molecule has 0 saturated carbocycles. The zero-order valence-corrected chi connectivity index (χ0v) is 12.6. The maximum absolute atomic E-state index is 11.7. The minimum atomic E-state index is 0.0907. The van der Waals surface area contributed by atoms with E-state index in [9.17, 15) is 4.79 Å². The van der Waals surface area contributed by atoms with Gasteiger partial charge in [-0.05, 0) is 26.7 Å². The largest absolute Gasteiger partial charge is 0.361 e. The quantitative estimate of drug-likeness (QED) is 0.863. The molecule has 1 unspecified atom stereocenters. The lowest BCUT2D eigenvalue weighted by Gasteiger charge is -2.17. The Bertz CT molecular complexity index is 382. The van der Waals surface area contributed by atoms with Crippen LogP contribution in [0.15, 0.2) is 4.52 Å². The van der Waals surface area contributed by atoms with Gasteiger partial charge in [0.2, 0.25) is 5.91 Å². The number of amides is 1. The third-order valence-corrected chi connectivity index (χ3v) is 4.01. The molecule has 0 bridgehead atoms. The smallest absolute Gasteiger partial charge is 0.230 e. The van der Waals surface area contributed by atoms with E-state index in [1.807, 2.05) is 20.8 Å². The number of hydrogen-bond acceptors (Lipinski definition) is 4. The molecule has 0 spiro atoms. The Kier molecular flexibility index (Phi) is 5.72. The highest BCUT2D eigenvalue weighted by Gasteiger charge is 2.12. The number of nitrogens with zero attached hydrogens (tertiary/aromatic N) is 1. The number of carbonyl (C=O) groups is 1. The van der Waals surface area contributed by atoms with Crippen LogP contribution in [0.3, 0.4) is 0 Å². The zero-order chi connectivity index (χ0) is 13.7. The molecule has 0 aliphatic heterocycles. The second kappa shape index (κ2) is 6.83. The Morgan fingerprint density at radius 1 is 1.39 bits per heavy atom. The highest BCUT2D eigenvalue weighted by Crippen LogP contribution is 2.19. The third kappa shape index (κ3) is 4.37. The van der Waals surface area contributed by atoms with Gasteiger partial charge < -0.3 is 9.84 Å². The van der Waals surface area contributed by atoms with Crippen LogP contribution in [0.5, 0.6) is 0 Å². The lowest BCUT2D eigenvalue weighted by molar-refractivity contribution is -0.119. The molecule has 0 fully saturated rings. The van der Waals surface area contributed by atoms with Gasteiger partial charge in [-0.25, -0.2) is 0 Å². The molecule has 1 aromatic heterocycles. The summed E-state index contributed by atoms with van der Waals surface area (Å²) in [5.41, 5.74) is 2.01. The molecule has 4 nitrogen and oxygen atoms in total. The van der Waals surface area contributed by atoms with Crippen molar-refractivity contribution in [2.45, 2.75) is 46.4 Å². The average molecular weight is 270 g/mol. The summed E-state index contributed by atoms with van der Waals surface area (Å²) in [6.45, 7) is 10.1. The molecule has 5 heteroatoms. The molecule has 1 rings (SSSR count). The van der Waals surface area contributed by atoms with Crippen LogP contribution in [0.4, 0.5) is 0 Å². The molecule has 1 aromatic rings. The molecule has 102 valence electrons. The van der Waals surface area contributed by atoms with E-state index < -0.39 is 0 Å². The molecule has 0 radical (unpaired) electrons. The Labute approximate surface area is 113 Å². The van der Waals surface area contributed by atoms with Crippen molar-refractivity contribution in [3.05, 3.63) is 17.0 Å². The van der Waals surface area contributed by atoms with Gasteiger partial charge in [0.25, 0.3) is 0 Å². The number of carbonyl (C=O) groups excluding carboxylic acids is 1. The summed E-state index contributed by atoms with van der Waals surface area (Å²) in [5.74, 6) is 2.64. The fraction of sp³-hybridized carbons (Fsp3) is 0.692. The lowest BCUT2D eigenvalue weighted by atomic mass is 10.1. The van der Waals surface area contributed by atoms with Gasteiger partial charge in [-0.1, -0.05) is 19.0 Å². The second-order valence-corrected chi connectivity index (χ2v) is 5.88. The number of hydrogen-bond donors (Lipinski definition) is 1. The van der Waals surface area contributed by atoms with Crippen molar-refractivity contribution in [3.63, 3.8) is 0 Å². The topological polar surface area (TPSA) is 55.1 Å². The Morgan fingerprint density at radius 2 is 2.06 bits per heavy atom. The fourth-order valence-corrected chi connectivity index (χ4v) is 2.40. The minimum Gasteiger partial charge on any atom is -0.361 e. The van der Waals surface area contributed by atoms with E-state index in [0.29, 0.717) is 11.7 Å². The number of nitrogens with one attached hydrogen (secondary N) is 1. The van der Waals surface area contributed by atoms with Crippen LogP contribution in [0.1, 0.15) is 37.8 Å². The van der Waals surface area contributed by atoms with Gasteiger partial charge in [0, 0.05) is 17.4 Å². The number of aromatic nitrogens is 1. The maximum atomic E-state index is 11.7. The van der Waals surface area contributed by atoms with E-state index in [1.54, 1.807) is 11.8 Å². The Morgan fingerprint density at radius 3 is 2.56 bits per heavy atom. The molecule has 0 saturated heterocycles. The highest BCUT2D eigenvalue weighted by molar-refractivity contribution is 7.99. The first-order valence-corrected chi connectivity index (χ1v) is 7.36. The predicted molar refractivity (Wildman–Crippen MR) is 74.6 cm³/mol. The summed E-state index contributed by atoms with van der Waals surface area (Å²) in [6, 6.07) is 0.220. The van der Waals surface area contributed by atoms with E-state index in [-0.39, 0.29) is 11.9 Å². The van der Waals surface area contributed by atoms with Crippen molar-refractivity contribution in [2.75, 3.05) is 5.75 Å². The van der Waals surface area contributed by atoms with Crippen molar-refractivity contribution in [2.24, 2.45) is 5.92 Å². The minimum absolute atomic E-state index is 0.0907.